The molecule has 0 N–H and O–H groups in total. The van der Waals surface area contributed by atoms with Gasteiger partial charge >= 0.3 is 0 Å². The van der Waals surface area contributed by atoms with Gasteiger partial charge in [0.15, 0.2) is 0 Å². The lowest BCUT2D eigenvalue weighted by molar-refractivity contribution is -0.0177. The van der Waals surface area contributed by atoms with Gasteiger partial charge in [0.25, 0.3) is 0 Å². The molecule has 0 radical (unpaired) electrons. The highest BCUT2D eigenvalue weighted by molar-refractivity contribution is 5.72. The SMILES string of the molecule is N#C/C=C(/c1ccccc1)C12CC3CC(CC(C3)C1)C2. The van der Waals surface area contributed by atoms with Crippen LogP contribution in [0.5, 0.6) is 0 Å². The maximum atomic E-state index is 9.27. The van der Waals surface area contributed by atoms with Gasteiger partial charge < -0.3 is 0 Å². The van der Waals surface area contributed by atoms with E-state index in [9.17, 15) is 5.26 Å². The fourth-order valence-electron chi connectivity index (χ4n) is 5.67. The summed E-state index contributed by atoms with van der Waals surface area (Å²) < 4.78 is 0. The molecule has 0 saturated heterocycles. The molecule has 4 fully saturated rings. The lowest BCUT2D eigenvalue weighted by Crippen LogP contribution is -2.46. The molecule has 0 spiro atoms. The maximum absolute atomic E-state index is 9.27. The second-order valence-corrected chi connectivity index (χ2v) is 7.25. The molecular formula is C19H21N. The van der Waals surface area contributed by atoms with Gasteiger partial charge in [-0.15, -0.1) is 0 Å². The van der Waals surface area contributed by atoms with Crippen LogP contribution in [-0.4, -0.2) is 0 Å². The largest absolute Gasteiger partial charge is 0.193 e. The lowest BCUT2D eigenvalue weighted by atomic mass is 9.47. The lowest BCUT2D eigenvalue weighted by Gasteiger charge is -2.57. The van der Waals surface area contributed by atoms with Crippen LogP contribution in [0.25, 0.3) is 5.57 Å². The highest BCUT2D eigenvalue weighted by atomic mass is 14.6. The average molecular weight is 263 g/mol. The van der Waals surface area contributed by atoms with Crippen molar-refractivity contribution in [2.45, 2.75) is 38.5 Å². The zero-order valence-corrected chi connectivity index (χ0v) is 11.9. The second-order valence-electron chi connectivity index (χ2n) is 7.25. The van der Waals surface area contributed by atoms with E-state index in [1.54, 1.807) is 0 Å². The van der Waals surface area contributed by atoms with Gasteiger partial charge in [0.1, 0.15) is 0 Å². The van der Waals surface area contributed by atoms with Gasteiger partial charge in [0.05, 0.1) is 6.07 Å². The summed E-state index contributed by atoms with van der Waals surface area (Å²) in [4.78, 5) is 0. The summed E-state index contributed by atoms with van der Waals surface area (Å²) in [6, 6.07) is 13.0. The van der Waals surface area contributed by atoms with Gasteiger partial charge in [-0.05, 0) is 72.8 Å². The minimum Gasteiger partial charge on any atom is -0.193 e. The minimum atomic E-state index is 0.311. The Morgan fingerprint density at radius 3 is 2.05 bits per heavy atom. The van der Waals surface area contributed by atoms with Crippen LogP contribution in [0.3, 0.4) is 0 Å². The van der Waals surface area contributed by atoms with Crippen LogP contribution in [0.15, 0.2) is 36.4 Å². The van der Waals surface area contributed by atoms with E-state index in [1.165, 1.54) is 49.7 Å². The third-order valence-corrected chi connectivity index (χ3v) is 5.90. The second kappa shape index (κ2) is 4.48. The fraction of sp³-hybridized carbons (Fsp3) is 0.526. The van der Waals surface area contributed by atoms with Crippen molar-refractivity contribution in [1.82, 2.24) is 0 Å². The van der Waals surface area contributed by atoms with Crippen molar-refractivity contribution in [2.24, 2.45) is 23.2 Å². The van der Waals surface area contributed by atoms with Crippen molar-refractivity contribution in [2.75, 3.05) is 0 Å². The minimum absolute atomic E-state index is 0.311. The zero-order chi connectivity index (χ0) is 13.6. The molecule has 4 bridgehead atoms. The standard InChI is InChI=1S/C19H21N/c20-7-6-18(17-4-2-1-3-5-17)19-11-14-8-15(12-19)10-16(9-14)13-19/h1-6,14-16H,8-13H2/b18-6-. The number of hydrogen-bond acceptors (Lipinski definition) is 1. The van der Waals surface area contributed by atoms with Crippen LogP contribution < -0.4 is 0 Å². The van der Waals surface area contributed by atoms with Gasteiger partial charge in [0.2, 0.25) is 0 Å². The number of allylic oxidation sites excluding steroid dienone is 2. The monoisotopic (exact) mass is 263 g/mol. The Hall–Kier alpha value is -1.55. The first-order chi connectivity index (χ1) is 9.79. The molecule has 20 heavy (non-hydrogen) atoms. The van der Waals surface area contributed by atoms with Crippen molar-refractivity contribution < 1.29 is 0 Å². The Morgan fingerprint density at radius 2 is 1.55 bits per heavy atom. The molecule has 0 unspecified atom stereocenters. The molecule has 4 aliphatic rings. The van der Waals surface area contributed by atoms with Crippen molar-refractivity contribution in [3.63, 3.8) is 0 Å². The smallest absolute Gasteiger partial charge is 0.0915 e. The first kappa shape index (κ1) is 12.2. The van der Waals surface area contributed by atoms with E-state index < -0.39 is 0 Å². The van der Waals surface area contributed by atoms with E-state index in [2.05, 4.69) is 36.4 Å². The van der Waals surface area contributed by atoms with E-state index in [0.29, 0.717) is 5.41 Å². The van der Waals surface area contributed by atoms with Gasteiger partial charge in [0, 0.05) is 6.08 Å². The number of benzene rings is 1. The Labute approximate surface area is 121 Å². The van der Waals surface area contributed by atoms with E-state index >= 15 is 0 Å². The van der Waals surface area contributed by atoms with Crippen LogP contribution in [0.1, 0.15) is 44.1 Å². The average Bonchev–Trinajstić information content (AvgIpc) is 2.44. The van der Waals surface area contributed by atoms with E-state index in [0.717, 1.165) is 17.8 Å². The topological polar surface area (TPSA) is 23.8 Å². The summed E-state index contributed by atoms with van der Waals surface area (Å²) in [5.41, 5.74) is 2.92. The van der Waals surface area contributed by atoms with Crippen LogP contribution in [0.4, 0.5) is 0 Å². The Balaban J connectivity index is 1.78. The third-order valence-electron chi connectivity index (χ3n) is 5.90. The quantitative estimate of drug-likeness (QED) is 0.702. The fourth-order valence-corrected chi connectivity index (χ4v) is 5.67. The van der Waals surface area contributed by atoms with Crippen molar-refractivity contribution in [3.05, 3.63) is 42.0 Å². The van der Waals surface area contributed by atoms with Crippen LogP contribution in [0, 0.1) is 34.5 Å². The molecule has 1 nitrogen and oxygen atoms in total. The van der Waals surface area contributed by atoms with E-state index in [1.807, 2.05) is 6.08 Å². The number of rotatable bonds is 2. The summed E-state index contributed by atoms with van der Waals surface area (Å²) in [6.07, 6.45) is 10.2. The summed E-state index contributed by atoms with van der Waals surface area (Å²) >= 11 is 0. The predicted octanol–water partition coefficient (Wildman–Crippen LogP) is 4.81. The molecule has 1 aromatic carbocycles. The molecule has 0 aliphatic heterocycles. The predicted molar refractivity (Wildman–Crippen MR) is 80.6 cm³/mol. The van der Waals surface area contributed by atoms with E-state index in [-0.39, 0.29) is 0 Å². The molecule has 102 valence electrons. The van der Waals surface area contributed by atoms with Crippen molar-refractivity contribution >= 4 is 5.57 Å². The Morgan fingerprint density at radius 1 is 1.00 bits per heavy atom. The summed E-state index contributed by atoms with van der Waals surface area (Å²) in [6.45, 7) is 0. The summed E-state index contributed by atoms with van der Waals surface area (Å²) in [5, 5.41) is 9.27. The molecule has 1 heteroatoms. The highest BCUT2D eigenvalue weighted by Crippen LogP contribution is 2.64. The molecule has 4 saturated carbocycles. The summed E-state index contributed by atoms with van der Waals surface area (Å²) in [7, 11) is 0. The molecule has 0 atom stereocenters. The van der Waals surface area contributed by atoms with Crippen molar-refractivity contribution in [1.29, 1.82) is 5.26 Å². The first-order valence-corrected chi connectivity index (χ1v) is 7.95. The maximum Gasteiger partial charge on any atom is 0.0915 e. The molecule has 4 aliphatic carbocycles. The Bertz CT molecular complexity index is 540. The van der Waals surface area contributed by atoms with Gasteiger partial charge in [-0.1, -0.05) is 30.3 Å². The zero-order valence-electron chi connectivity index (χ0n) is 11.9. The summed E-state index contributed by atoms with van der Waals surface area (Å²) in [5.74, 6) is 2.77. The molecular weight excluding hydrogens is 242 g/mol. The molecule has 1 aromatic rings. The highest BCUT2D eigenvalue weighted by Gasteiger charge is 2.52. The van der Waals surface area contributed by atoms with Crippen LogP contribution in [0.2, 0.25) is 0 Å². The molecule has 5 rings (SSSR count). The first-order valence-electron chi connectivity index (χ1n) is 7.95. The van der Waals surface area contributed by atoms with Gasteiger partial charge in [-0.2, -0.15) is 5.26 Å². The number of hydrogen-bond donors (Lipinski definition) is 0. The van der Waals surface area contributed by atoms with Crippen LogP contribution >= 0.6 is 0 Å². The molecule has 0 heterocycles. The van der Waals surface area contributed by atoms with Crippen molar-refractivity contribution in [3.8, 4) is 6.07 Å². The third kappa shape index (κ3) is 1.82. The number of nitrogens with zero attached hydrogens (tertiary/aromatic N) is 1. The van der Waals surface area contributed by atoms with Gasteiger partial charge in [-0.3, -0.25) is 0 Å². The Kier molecular flexibility index (Phi) is 2.74. The number of nitriles is 1. The van der Waals surface area contributed by atoms with Gasteiger partial charge in [-0.25, -0.2) is 0 Å². The molecule has 0 aromatic heterocycles. The normalized spacial score (nSPS) is 38.8. The van der Waals surface area contributed by atoms with E-state index in [4.69, 9.17) is 0 Å². The van der Waals surface area contributed by atoms with Crippen LogP contribution in [-0.2, 0) is 0 Å². The molecule has 0 amide bonds.